The van der Waals surface area contributed by atoms with Gasteiger partial charge in [0.15, 0.2) is 0 Å². The molecule has 0 heterocycles. The molecule has 0 aliphatic heterocycles. The van der Waals surface area contributed by atoms with Gasteiger partial charge in [0, 0.05) is 13.2 Å². The Labute approximate surface area is 117 Å². The Morgan fingerprint density at radius 3 is 2.15 bits per heavy atom. The summed E-state index contributed by atoms with van der Waals surface area (Å²) < 4.78 is 31.4. The Hall–Kier alpha value is -1.78. The van der Waals surface area contributed by atoms with Crippen molar-refractivity contribution in [2.75, 3.05) is 13.7 Å². The second-order valence-electron chi connectivity index (χ2n) is 4.66. The van der Waals surface area contributed by atoms with E-state index < -0.39 is 17.7 Å². The van der Waals surface area contributed by atoms with Crippen LogP contribution in [0.4, 0.5) is 8.78 Å². The van der Waals surface area contributed by atoms with Crippen LogP contribution < -0.4 is 5.73 Å². The largest absolute Gasteiger partial charge is 0.384 e. The minimum atomic E-state index is -0.618. The van der Waals surface area contributed by atoms with Crippen LogP contribution in [0.3, 0.4) is 0 Å². The van der Waals surface area contributed by atoms with Gasteiger partial charge in [-0.15, -0.1) is 0 Å². The molecule has 0 aliphatic rings. The fourth-order valence-corrected chi connectivity index (χ4v) is 2.06. The number of halogens is 2. The van der Waals surface area contributed by atoms with Gasteiger partial charge in [-0.3, -0.25) is 0 Å². The molecule has 0 spiro atoms. The highest BCUT2D eigenvalue weighted by molar-refractivity contribution is 5.33. The maximum Gasteiger partial charge on any atom is 0.126 e. The standard InChI is InChI=1S/C16H17F2NO/c1-20-7-6-11-2-4-12(5-3-11)16(19)13-8-14(17)10-15(18)9-13/h2-5,8-10,16H,6-7,19H2,1H3. The first-order valence-corrected chi connectivity index (χ1v) is 6.39. The topological polar surface area (TPSA) is 35.2 Å². The number of hydrogen-bond acceptors (Lipinski definition) is 2. The Kier molecular flexibility index (Phi) is 4.82. The third-order valence-electron chi connectivity index (χ3n) is 3.18. The van der Waals surface area contributed by atoms with E-state index in [-0.39, 0.29) is 0 Å². The molecule has 20 heavy (non-hydrogen) atoms. The van der Waals surface area contributed by atoms with Gasteiger partial charge in [-0.05, 0) is 35.2 Å². The number of methoxy groups -OCH3 is 1. The van der Waals surface area contributed by atoms with Crippen molar-refractivity contribution in [1.29, 1.82) is 0 Å². The van der Waals surface area contributed by atoms with Crippen molar-refractivity contribution >= 4 is 0 Å². The molecule has 2 rings (SSSR count). The highest BCUT2D eigenvalue weighted by Gasteiger charge is 2.11. The van der Waals surface area contributed by atoms with E-state index in [2.05, 4.69) is 0 Å². The molecule has 2 nitrogen and oxygen atoms in total. The second kappa shape index (κ2) is 6.59. The average molecular weight is 277 g/mol. The molecule has 106 valence electrons. The Bertz CT molecular complexity index is 549. The minimum absolute atomic E-state index is 0.423. The fraction of sp³-hybridized carbons (Fsp3) is 0.250. The van der Waals surface area contributed by atoms with Crippen molar-refractivity contribution in [2.24, 2.45) is 5.73 Å². The fourth-order valence-electron chi connectivity index (χ4n) is 2.06. The summed E-state index contributed by atoms with van der Waals surface area (Å²) in [6.45, 7) is 0.653. The van der Waals surface area contributed by atoms with Gasteiger partial charge in [0.05, 0.1) is 12.6 Å². The van der Waals surface area contributed by atoms with Crippen LogP contribution in [0.5, 0.6) is 0 Å². The van der Waals surface area contributed by atoms with Crippen molar-refractivity contribution in [2.45, 2.75) is 12.5 Å². The van der Waals surface area contributed by atoms with E-state index in [4.69, 9.17) is 10.5 Å². The highest BCUT2D eigenvalue weighted by Crippen LogP contribution is 2.22. The summed E-state index contributed by atoms with van der Waals surface area (Å²) in [5, 5.41) is 0. The maximum absolute atomic E-state index is 13.2. The molecule has 0 saturated heterocycles. The summed E-state index contributed by atoms with van der Waals surface area (Å²) in [4.78, 5) is 0. The summed E-state index contributed by atoms with van der Waals surface area (Å²) >= 11 is 0. The molecule has 1 atom stereocenters. The van der Waals surface area contributed by atoms with Crippen LogP contribution in [0.2, 0.25) is 0 Å². The van der Waals surface area contributed by atoms with E-state index in [1.165, 1.54) is 12.1 Å². The Balaban J connectivity index is 2.17. The molecular weight excluding hydrogens is 260 g/mol. The lowest BCUT2D eigenvalue weighted by Crippen LogP contribution is -2.12. The molecular formula is C16H17F2NO. The van der Waals surface area contributed by atoms with Crippen molar-refractivity contribution in [1.82, 2.24) is 0 Å². The molecule has 2 aromatic rings. The first-order valence-electron chi connectivity index (χ1n) is 6.39. The van der Waals surface area contributed by atoms with Crippen LogP contribution in [-0.4, -0.2) is 13.7 Å². The number of ether oxygens (including phenoxy) is 1. The van der Waals surface area contributed by atoms with Crippen LogP contribution in [0, 0.1) is 11.6 Å². The minimum Gasteiger partial charge on any atom is -0.384 e. The molecule has 4 heteroatoms. The van der Waals surface area contributed by atoms with Crippen LogP contribution in [0.1, 0.15) is 22.7 Å². The molecule has 0 bridgehead atoms. The number of benzene rings is 2. The van der Waals surface area contributed by atoms with Crippen LogP contribution >= 0.6 is 0 Å². The number of nitrogens with two attached hydrogens (primary N) is 1. The summed E-state index contributed by atoms with van der Waals surface area (Å²) in [6.07, 6.45) is 0.820. The predicted molar refractivity (Wildman–Crippen MR) is 74.4 cm³/mol. The van der Waals surface area contributed by atoms with E-state index in [1.54, 1.807) is 7.11 Å². The van der Waals surface area contributed by atoms with Crippen LogP contribution in [0.15, 0.2) is 42.5 Å². The molecule has 0 aliphatic carbocycles. The monoisotopic (exact) mass is 277 g/mol. The number of rotatable bonds is 5. The van der Waals surface area contributed by atoms with Gasteiger partial charge in [-0.25, -0.2) is 8.78 Å². The summed E-state index contributed by atoms with van der Waals surface area (Å²) in [5.74, 6) is -1.24. The van der Waals surface area contributed by atoms with Crippen molar-refractivity contribution in [3.8, 4) is 0 Å². The summed E-state index contributed by atoms with van der Waals surface area (Å²) in [6, 6.07) is 10.4. The summed E-state index contributed by atoms with van der Waals surface area (Å²) in [7, 11) is 1.66. The highest BCUT2D eigenvalue weighted by atomic mass is 19.1. The quantitative estimate of drug-likeness (QED) is 0.911. The van der Waals surface area contributed by atoms with Gasteiger partial charge >= 0.3 is 0 Å². The molecule has 2 aromatic carbocycles. The van der Waals surface area contributed by atoms with Gasteiger partial charge in [-0.1, -0.05) is 24.3 Å². The maximum atomic E-state index is 13.2. The zero-order chi connectivity index (χ0) is 14.5. The predicted octanol–water partition coefficient (Wildman–Crippen LogP) is 3.20. The van der Waals surface area contributed by atoms with Gasteiger partial charge < -0.3 is 10.5 Å². The van der Waals surface area contributed by atoms with Crippen LogP contribution in [0.25, 0.3) is 0 Å². The lowest BCUT2D eigenvalue weighted by atomic mass is 9.98. The average Bonchev–Trinajstić information content (AvgIpc) is 2.44. The Morgan fingerprint density at radius 2 is 1.60 bits per heavy atom. The van der Waals surface area contributed by atoms with Crippen molar-refractivity contribution in [3.05, 3.63) is 70.8 Å². The molecule has 0 saturated carbocycles. The second-order valence-corrected chi connectivity index (χ2v) is 4.66. The molecule has 0 fully saturated rings. The number of hydrogen-bond donors (Lipinski definition) is 1. The van der Waals surface area contributed by atoms with Gasteiger partial charge in [0.25, 0.3) is 0 Å². The SMILES string of the molecule is COCCc1ccc(C(N)c2cc(F)cc(F)c2)cc1. The molecule has 0 radical (unpaired) electrons. The van der Waals surface area contributed by atoms with Gasteiger partial charge in [0.2, 0.25) is 0 Å². The van der Waals surface area contributed by atoms with Gasteiger partial charge in [0.1, 0.15) is 11.6 Å². The van der Waals surface area contributed by atoms with Crippen LogP contribution in [-0.2, 0) is 11.2 Å². The van der Waals surface area contributed by atoms with E-state index in [0.29, 0.717) is 12.2 Å². The van der Waals surface area contributed by atoms with E-state index in [1.807, 2.05) is 24.3 Å². The van der Waals surface area contributed by atoms with Crippen molar-refractivity contribution in [3.63, 3.8) is 0 Å². The normalized spacial score (nSPS) is 12.4. The molecule has 1 unspecified atom stereocenters. The zero-order valence-electron chi connectivity index (χ0n) is 11.3. The smallest absolute Gasteiger partial charge is 0.126 e. The van der Waals surface area contributed by atoms with Crippen molar-refractivity contribution < 1.29 is 13.5 Å². The third-order valence-corrected chi connectivity index (χ3v) is 3.18. The third kappa shape index (κ3) is 3.62. The van der Waals surface area contributed by atoms with E-state index in [0.717, 1.165) is 23.6 Å². The molecule has 2 N–H and O–H groups in total. The first kappa shape index (κ1) is 14.6. The lowest BCUT2D eigenvalue weighted by Gasteiger charge is -2.13. The lowest BCUT2D eigenvalue weighted by molar-refractivity contribution is 0.202. The molecule has 0 aromatic heterocycles. The van der Waals surface area contributed by atoms with E-state index in [9.17, 15) is 8.78 Å². The van der Waals surface area contributed by atoms with Gasteiger partial charge in [-0.2, -0.15) is 0 Å². The molecule has 0 amide bonds. The van der Waals surface area contributed by atoms with E-state index >= 15 is 0 Å². The summed E-state index contributed by atoms with van der Waals surface area (Å²) in [5.41, 5.74) is 8.42. The zero-order valence-corrected chi connectivity index (χ0v) is 11.3. The first-order chi connectivity index (χ1) is 9.60. The Morgan fingerprint density at radius 1 is 1.00 bits per heavy atom.